The molecule has 0 saturated heterocycles. The number of nitrogens with zero attached hydrogens (tertiary/aromatic N) is 1. The SMILES string of the molecule is CN(C)CCNC(=O)c1ccc(OCC(F)(F)F)c(N)c1. The van der Waals surface area contributed by atoms with Crippen LogP contribution in [0.2, 0.25) is 0 Å². The van der Waals surface area contributed by atoms with Crippen molar-refractivity contribution in [2.24, 2.45) is 0 Å². The van der Waals surface area contributed by atoms with Gasteiger partial charge < -0.3 is 20.7 Å². The number of ether oxygens (including phenoxy) is 1. The number of hydrogen-bond donors (Lipinski definition) is 2. The van der Waals surface area contributed by atoms with Crippen molar-refractivity contribution in [2.45, 2.75) is 6.18 Å². The molecule has 0 fully saturated rings. The third-order valence-corrected chi connectivity index (χ3v) is 2.51. The lowest BCUT2D eigenvalue weighted by Crippen LogP contribution is -2.31. The van der Waals surface area contributed by atoms with Crippen LogP contribution in [-0.2, 0) is 0 Å². The highest BCUT2D eigenvalue weighted by Gasteiger charge is 2.28. The topological polar surface area (TPSA) is 67.6 Å². The molecular formula is C13H18F3N3O2. The number of alkyl halides is 3. The van der Waals surface area contributed by atoms with Gasteiger partial charge in [0, 0.05) is 18.7 Å². The van der Waals surface area contributed by atoms with Crippen LogP contribution in [0, 0.1) is 0 Å². The number of nitrogen functional groups attached to an aromatic ring is 1. The number of anilines is 1. The van der Waals surface area contributed by atoms with Crippen molar-refractivity contribution in [1.82, 2.24) is 10.2 Å². The highest BCUT2D eigenvalue weighted by Crippen LogP contribution is 2.25. The van der Waals surface area contributed by atoms with E-state index in [0.717, 1.165) is 0 Å². The number of benzene rings is 1. The second-order valence-corrected chi connectivity index (χ2v) is 4.72. The zero-order valence-electron chi connectivity index (χ0n) is 11.8. The number of carbonyl (C=O) groups is 1. The molecule has 3 N–H and O–H groups in total. The summed E-state index contributed by atoms with van der Waals surface area (Å²) < 4.78 is 40.7. The van der Waals surface area contributed by atoms with E-state index >= 15 is 0 Å². The first kappa shape index (κ1) is 17.1. The predicted octanol–water partition coefficient (Wildman–Crippen LogP) is 1.50. The number of halogens is 3. The second kappa shape index (κ2) is 7.16. The zero-order valence-corrected chi connectivity index (χ0v) is 11.8. The number of amides is 1. The predicted molar refractivity (Wildman–Crippen MR) is 73.3 cm³/mol. The summed E-state index contributed by atoms with van der Waals surface area (Å²) in [6.45, 7) is -0.294. The fraction of sp³-hybridized carbons (Fsp3) is 0.462. The van der Waals surface area contributed by atoms with Crippen LogP contribution in [0.3, 0.4) is 0 Å². The van der Waals surface area contributed by atoms with Gasteiger partial charge in [-0.1, -0.05) is 0 Å². The van der Waals surface area contributed by atoms with E-state index in [9.17, 15) is 18.0 Å². The van der Waals surface area contributed by atoms with Crippen LogP contribution >= 0.6 is 0 Å². The van der Waals surface area contributed by atoms with Gasteiger partial charge in [0.15, 0.2) is 6.61 Å². The average molecular weight is 305 g/mol. The smallest absolute Gasteiger partial charge is 0.422 e. The molecule has 5 nitrogen and oxygen atoms in total. The molecule has 0 radical (unpaired) electrons. The first-order chi connectivity index (χ1) is 9.69. The molecule has 0 aliphatic carbocycles. The Morgan fingerprint density at radius 3 is 2.57 bits per heavy atom. The van der Waals surface area contributed by atoms with Crippen LogP contribution < -0.4 is 15.8 Å². The lowest BCUT2D eigenvalue weighted by atomic mass is 10.1. The van der Waals surface area contributed by atoms with Crippen LogP contribution in [0.5, 0.6) is 5.75 Å². The molecule has 1 rings (SSSR count). The largest absolute Gasteiger partial charge is 0.482 e. The Labute approximate surface area is 120 Å². The first-order valence-electron chi connectivity index (χ1n) is 6.21. The van der Waals surface area contributed by atoms with E-state index in [2.05, 4.69) is 10.1 Å². The Balaban J connectivity index is 2.62. The molecule has 0 heterocycles. The Morgan fingerprint density at radius 1 is 1.38 bits per heavy atom. The van der Waals surface area contributed by atoms with Gasteiger partial charge in [0.1, 0.15) is 5.75 Å². The van der Waals surface area contributed by atoms with E-state index in [0.29, 0.717) is 13.1 Å². The van der Waals surface area contributed by atoms with Crippen molar-refractivity contribution in [3.63, 3.8) is 0 Å². The second-order valence-electron chi connectivity index (χ2n) is 4.72. The number of hydrogen-bond acceptors (Lipinski definition) is 4. The summed E-state index contributed by atoms with van der Waals surface area (Å²) in [6, 6.07) is 3.91. The molecular weight excluding hydrogens is 287 g/mol. The van der Waals surface area contributed by atoms with E-state index in [1.807, 2.05) is 19.0 Å². The minimum Gasteiger partial charge on any atom is -0.482 e. The number of likely N-dealkylation sites (N-methyl/N-ethyl adjacent to an activating group) is 1. The number of carbonyl (C=O) groups excluding carboxylic acids is 1. The quantitative estimate of drug-likeness (QED) is 0.782. The molecule has 1 aromatic carbocycles. The van der Waals surface area contributed by atoms with Crippen molar-refractivity contribution < 1.29 is 22.7 Å². The fourth-order valence-electron chi connectivity index (χ4n) is 1.48. The summed E-state index contributed by atoms with van der Waals surface area (Å²) in [6.07, 6.45) is -4.44. The maximum absolute atomic E-state index is 12.1. The summed E-state index contributed by atoms with van der Waals surface area (Å²) in [7, 11) is 3.74. The first-order valence-corrected chi connectivity index (χ1v) is 6.21. The van der Waals surface area contributed by atoms with Crippen molar-refractivity contribution in [2.75, 3.05) is 39.5 Å². The molecule has 1 aromatic rings. The summed E-state index contributed by atoms with van der Waals surface area (Å²) >= 11 is 0. The van der Waals surface area contributed by atoms with Gasteiger partial charge in [-0.15, -0.1) is 0 Å². The van der Waals surface area contributed by atoms with Crippen molar-refractivity contribution >= 4 is 11.6 Å². The molecule has 8 heteroatoms. The van der Waals surface area contributed by atoms with Crippen molar-refractivity contribution in [3.05, 3.63) is 23.8 Å². The molecule has 118 valence electrons. The maximum Gasteiger partial charge on any atom is 0.422 e. The van der Waals surface area contributed by atoms with Crippen LogP contribution in [0.1, 0.15) is 10.4 Å². The number of nitrogens with one attached hydrogen (secondary N) is 1. The zero-order chi connectivity index (χ0) is 16.0. The van der Waals surface area contributed by atoms with Gasteiger partial charge in [-0.25, -0.2) is 0 Å². The van der Waals surface area contributed by atoms with Crippen LogP contribution in [0.4, 0.5) is 18.9 Å². The van der Waals surface area contributed by atoms with E-state index in [4.69, 9.17) is 5.73 Å². The minimum absolute atomic E-state index is 0.0143. The van der Waals surface area contributed by atoms with Gasteiger partial charge in [-0.2, -0.15) is 13.2 Å². The highest BCUT2D eigenvalue weighted by molar-refractivity contribution is 5.95. The molecule has 1 amide bonds. The fourth-order valence-corrected chi connectivity index (χ4v) is 1.48. The third-order valence-electron chi connectivity index (χ3n) is 2.51. The van der Waals surface area contributed by atoms with Crippen LogP contribution in [0.25, 0.3) is 0 Å². The molecule has 0 aromatic heterocycles. The summed E-state index contributed by atoms with van der Waals surface area (Å²) in [5.74, 6) is -0.442. The van der Waals surface area contributed by atoms with E-state index in [1.54, 1.807) is 0 Å². The van der Waals surface area contributed by atoms with Gasteiger partial charge in [-0.05, 0) is 32.3 Å². The Kier molecular flexibility index (Phi) is 5.83. The number of nitrogens with two attached hydrogens (primary N) is 1. The number of rotatable bonds is 6. The maximum atomic E-state index is 12.1. The van der Waals surface area contributed by atoms with Gasteiger partial charge in [0.25, 0.3) is 5.91 Å². The highest BCUT2D eigenvalue weighted by atomic mass is 19.4. The molecule has 0 spiro atoms. The normalized spacial score (nSPS) is 11.5. The lowest BCUT2D eigenvalue weighted by Gasteiger charge is -2.13. The van der Waals surface area contributed by atoms with Crippen LogP contribution in [-0.4, -0.2) is 50.8 Å². The van der Waals surface area contributed by atoms with Gasteiger partial charge in [0.05, 0.1) is 5.69 Å². The molecule has 0 bridgehead atoms. The van der Waals surface area contributed by atoms with E-state index < -0.39 is 12.8 Å². The Bertz CT molecular complexity index is 490. The molecule has 0 aliphatic rings. The van der Waals surface area contributed by atoms with Gasteiger partial charge in [-0.3, -0.25) is 4.79 Å². The molecule has 21 heavy (non-hydrogen) atoms. The standard InChI is InChI=1S/C13H18F3N3O2/c1-19(2)6-5-18-12(20)9-3-4-11(10(17)7-9)21-8-13(14,15)16/h3-4,7H,5-6,8,17H2,1-2H3,(H,18,20). The molecule has 0 unspecified atom stereocenters. The Hall–Kier alpha value is -1.96. The Morgan fingerprint density at radius 2 is 2.05 bits per heavy atom. The summed E-state index contributed by atoms with van der Waals surface area (Å²) in [4.78, 5) is 13.7. The van der Waals surface area contributed by atoms with Crippen molar-refractivity contribution in [3.8, 4) is 5.75 Å². The molecule has 0 saturated carbocycles. The summed E-state index contributed by atoms with van der Waals surface area (Å²) in [5.41, 5.74) is 5.84. The van der Waals surface area contributed by atoms with Crippen LogP contribution in [0.15, 0.2) is 18.2 Å². The van der Waals surface area contributed by atoms with E-state index in [-0.39, 0.29) is 22.9 Å². The van der Waals surface area contributed by atoms with Gasteiger partial charge in [0.2, 0.25) is 0 Å². The van der Waals surface area contributed by atoms with Crippen molar-refractivity contribution in [1.29, 1.82) is 0 Å². The third kappa shape index (κ3) is 6.35. The molecule has 0 atom stereocenters. The van der Waals surface area contributed by atoms with Gasteiger partial charge >= 0.3 is 6.18 Å². The monoisotopic (exact) mass is 305 g/mol. The van der Waals surface area contributed by atoms with E-state index in [1.165, 1.54) is 18.2 Å². The lowest BCUT2D eigenvalue weighted by molar-refractivity contribution is -0.153. The minimum atomic E-state index is -4.44. The summed E-state index contributed by atoms with van der Waals surface area (Å²) in [5, 5.41) is 2.68. The molecule has 0 aliphatic heterocycles. The average Bonchev–Trinajstić information content (AvgIpc) is 2.35.